The Morgan fingerprint density at radius 1 is 0.952 bits per heavy atom. The van der Waals surface area contributed by atoms with Gasteiger partial charge < -0.3 is 9.64 Å². The Labute approximate surface area is 131 Å². The van der Waals surface area contributed by atoms with Gasteiger partial charge in [-0.05, 0) is 53.6 Å². The molecule has 2 aliphatic heterocycles. The fourth-order valence-corrected chi connectivity index (χ4v) is 4.01. The smallest absolute Gasteiger partial charge is 0.0630 e. The fourth-order valence-electron chi connectivity index (χ4n) is 4.01. The predicted octanol–water partition coefficient (Wildman–Crippen LogP) is 1.90. The molecule has 2 rings (SSSR count). The molecule has 0 unspecified atom stereocenters. The molecule has 0 saturated carbocycles. The molecule has 0 aromatic rings. The molecule has 2 saturated heterocycles. The second-order valence-corrected chi connectivity index (χ2v) is 7.30. The van der Waals surface area contributed by atoms with Crippen LogP contribution in [0, 0.1) is 0 Å². The molecule has 0 amide bonds. The van der Waals surface area contributed by atoms with Crippen molar-refractivity contribution in [2.75, 3.05) is 46.4 Å². The van der Waals surface area contributed by atoms with Crippen LogP contribution >= 0.6 is 0 Å². The van der Waals surface area contributed by atoms with Crippen LogP contribution in [0.15, 0.2) is 0 Å². The lowest BCUT2D eigenvalue weighted by Gasteiger charge is -2.48. The molecular weight excluding hydrogens is 262 g/mol. The van der Waals surface area contributed by atoms with Crippen molar-refractivity contribution in [3.8, 4) is 0 Å². The van der Waals surface area contributed by atoms with E-state index in [0.29, 0.717) is 18.1 Å². The van der Waals surface area contributed by atoms with Gasteiger partial charge in [-0.1, -0.05) is 0 Å². The quantitative estimate of drug-likeness (QED) is 0.771. The highest BCUT2D eigenvalue weighted by molar-refractivity contribution is 4.89. The maximum atomic E-state index is 5.47. The minimum Gasteiger partial charge on any atom is -0.383 e. The normalized spacial score (nSPS) is 27.9. The Hall–Kier alpha value is -0.160. The molecule has 21 heavy (non-hydrogen) atoms. The van der Waals surface area contributed by atoms with Gasteiger partial charge in [-0.15, -0.1) is 0 Å². The van der Waals surface area contributed by atoms with Crippen LogP contribution in [0.25, 0.3) is 0 Å². The summed E-state index contributed by atoms with van der Waals surface area (Å²) >= 11 is 0. The van der Waals surface area contributed by atoms with Crippen molar-refractivity contribution in [3.05, 3.63) is 0 Å². The van der Waals surface area contributed by atoms with Gasteiger partial charge in [0.05, 0.1) is 6.61 Å². The number of methoxy groups -OCH3 is 1. The number of hydrogen-bond donors (Lipinski definition) is 0. The third-order valence-electron chi connectivity index (χ3n) is 5.33. The SMILES string of the molecule is COC[C@@H]1CN(C2CCN(C(C)C)CC2)CCN1C(C)C. The minimum atomic E-state index is 0.562. The molecule has 0 N–H and O–H groups in total. The van der Waals surface area contributed by atoms with Crippen molar-refractivity contribution in [1.82, 2.24) is 14.7 Å². The van der Waals surface area contributed by atoms with E-state index in [1.165, 1.54) is 45.6 Å². The van der Waals surface area contributed by atoms with Crippen molar-refractivity contribution in [2.45, 2.75) is 64.7 Å². The Morgan fingerprint density at radius 3 is 2.14 bits per heavy atom. The first kappa shape index (κ1) is 17.2. The number of likely N-dealkylation sites (tertiary alicyclic amines) is 1. The van der Waals surface area contributed by atoms with Crippen molar-refractivity contribution in [1.29, 1.82) is 0 Å². The standard InChI is InChI=1S/C17H35N3O/c1-14(2)18-8-6-16(7-9-18)19-10-11-20(15(3)4)17(12-19)13-21-5/h14-17H,6-13H2,1-5H3/t17-/m0/s1. The van der Waals surface area contributed by atoms with Crippen LogP contribution in [0.3, 0.4) is 0 Å². The zero-order valence-electron chi connectivity index (χ0n) is 14.7. The lowest BCUT2D eigenvalue weighted by molar-refractivity contribution is -0.0187. The highest BCUT2D eigenvalue weighted by Gasteiger charge is 2.33. The van der Waals surface area contributed by atoms with E-state index in [9.17, 15) is 0 Å². The summed E-state index contributed by atoms with van der Waals surface area (Å²) in [6.07, 6.45) is 2.67. The second-order valence-electron chi connectivity index (χ2n) is 7.30. The molecule has 0 aliphatic carbocycles. The molecule has 4 nitrogen and oxygen atoms in total. The van der Waals surface area contributed by atoms with Gasteiger partial charge in [-0.25, -0.2) is 0 Å². The van der Waals surface area contributed by atoms with Gasteiger partial charge in [0.25, 0.3) is 0 Å². The molecule has 0 aromatic heterocycles. The largest absolute Gasteiger partial charge is 0.383 e. The molecule has 0 radical (unpaired) electrons. The summed E-state index contributed by atoms with van der Waals surface area (Å²) in [5.74, 6) is 0. The van der Waals surface area contributed by atoms with Gasteiger partial charge in [0, 0.05) is 50.9 Å². The second kappa shape index (κ2) is 7.91. The minimum absolute atomic E-state index is 0.562. The van der Waals surface area contributed by atoms with Crippen molar-refractivity contribution in [3.63, 3.8) is 0 Å². The summed E-state index contributed by atoms with van der Waals surface area (Å²) in [5.41, 5.74) is 0. The third-order valence-corrected chi connectivity index (χ3v) is 5.33. The average molecular weight is 297 g/mol. The van der Waals surface area contributed by atoms with Crippen LogP contribution in [0.2, 0.25) is 0 Å². The molecule has 4 heteroatoms. The van der Waals surface area contributed by atoms with E-state index in [4.69, 9.17) is 4.74 Å². The topological polar surface area (TPSA) is 19.0 Å². The fraction of sp³-hybridized carbons (Fsp3) is 1.00. The first-order valence-corrected chi connectivity index (χ1v) is 8.75. The highest BCUT2D eigenvalue weighted by atomic mass is 16.5. The monoisotopic (exact) mass is 297 g/mol. The van der Waals surface area contributed by atoms with Gasteiger partial charge in [-0.2, -0.15) is 0 Å². The summed E-state index contributed by atoms with van der Waals surface area (Å²) in [6, 6.07) is 2.67. The van der Waals surface area contributed by atoms with E-state index in [0.717, 1.165) is 12.6 Å². The zero-order chi connectivity index (χ0) is 15.4. The summed E-state index contributed by atoms with van der Waals surface area (Å²) in [7, 11) is 1.83. The number of piperidine rings is 1. The van der Waals surface area contributed by atoms with Gasteiger partial charge >= 0.3 is 0 Å². The van der Waals surface area contributed by atoms with Gasteiger partial charge in [0.2, 0.25) is 0 Å². The van der Waals surface area contributed by atoms with Gasteiger partial charge in [0.15, 0.2) is 0 Å². The molecule has 2 fully saturated rings. The van der Waals surface area contributed by atoms with Crippen molar-refractivity contribution >= 4 is 0 Å². The van der Waals surface area contributed by atoms with E-state index >= 15 is 0 Å². The Bertz CT molecular complexity index is 300. The number of rotatable bonds is 5. The molecule has 124 valence electrons. The number of nitrogens with zero attached hydrogens (tertiary/aromatic N) is 3. The van der Waals surface area contributed by atoms with Crippen LogP contribution in [-0.2, 0) is 4.74 Å². The van der Waals surface area contributed by atoms with Crippen LogP contribution < -0.4 is 0 Å². The van der Waals surface area contributed by atoms with Crippen LogP contribution in [0.5, 0.6) is 0 Å². The summed E-state index contributed by atoms with van der Waals surface area (Å²) < 4.78 is 5.47. The lowest BCUT2D eigenvalue weighted by Crippen LogP contribution is -2.60. The molecule has 2 aliphatic rings. The van der Waals surface area contributed by atoms with Crippen LogP contribution in [-0.4, -0.2) is 85.3 Å². The number of hydrogen-bond acceptors (Lipinski definition) is 4. The predicted molar refractivity (Wildman–Crippen MR) is 88.8 cm³/mol. The summed E-state index contributed by atoms with van der Waals surface area (Å²) in [5, 5.41) is 0. The van der Waals surface area contributed by atoms with Crippen molar-refractivity contribution in [2.24, 2.45) is 0 Å². The summed E-state index contributed by atoms with van der Waals surface area (Å²) in [6.45, 7) is 16.2. The Balaban J connectivity index is 1.88. The summed E-state index contributed by atoms with van der Waals surface area (Å²) in [4.78, 5) is 7.97. The molecule has 1 atom stereocenters. The highest BCUT2D eigenvalue weighted by Crippen LogP contribution is 2.22. The number of ether oxygens (including phenoxy) is 1. The Kier molecular flexibility index (Phi) is 6.48. The maximum Gasteiger partial charge on any atom is 0.0630 e. The molecule has 0 bridgehead atoms. The van der Waals surface area contributed by atoms with E-state index in [2.05, 4.69) is 42.4 Å². The third kappa shape index (κ3) is 4.41. The van der Waals surface area contributed by atoms with Crippen LogP contribution in [0.4, 0.5) is 0 Å². The van der Waals surface area contributed by atoms with Gasteiger partial charge in [0.1, 0.15) is 0 Å². The molecule has 0 aromatic carbocycles. The average Bonchev–Trinajstić information content (AvgIpc) is 2.47. The lowest BCUT2D eigenvalue weighted by atomic mass is 9.99. The van der Waals surface area contributed by atoms with Crippen LogP contribution in [0.1, 0.15) is 40.5 Å². The van der Waals surface area contributed by atoms with E-state index in [1.54, 1.807) is 0 Å². The molecular formula is C17H35N3O. The van der Waals surface area contributed by atoms with E-state index < -0.39 is 0 Å². The van der Waals surface area contributed by atoms with E-state index in [-0.39, 0.29) is 0 Å². The number of piperazine rings is 1. The van der Waals surface area contributed by atoms with E-state index in [1.807, 2.05) is 7.11 Å². The first-order valence-electron chi connectivity index (χ1n) is 8.75. The maximum absolute atomic E-state index is 5.47. The van der Waals surface area contributed by atoms with Crippen molar-refractivity contribution < 1.29 is 4.74 Å². The molecule has 2 heterocycles. The Morgan fingerprint density at radius 2 is 1.62 bits per heavy atom. The molecule has 0 spiro atoms. The van der Waals surface area contributed by atoms with Gasteiger partial charge in [-0.3, -0.25) is 9.80 Å². The zero-order valence-corrected chi connectivity index (χ0v) is 14.7. The first-order chi connectivity index (χ1) is 10.0.